The van der Waals surface area contributed by atoms with Crippen molar-refractivity contribution < 1.29 is 54.9 Å². The molecule has 16 heteroatoms. The van der Waals surface area contributed by atoms with Gasteiger partial charge in [-0.3, -0.25) is 14.6 Å². The van der Waals surface area contributed by atoms with E-state index in [2.05, 4.69) is 15.6 Å². The van der Waals surface area contributed by atoms with Gasteiger partial charge in [0.25, 0.3) is 11.8 Å². The van der Waals surface area contributed by atoms with Crippen molar-refractivity contribution in [3.05, 3.63) is 209 Å². The smallest absolute Gasteiger partial charge is 0.417 e. The highest BCUT2D eigenvalue weighted by atomic mass is 19.4. The Hall–Kier alpha value is -8.79. The average Bonchev–Trinajstić information content (AvgIpc) is 3.38. The molecule has 10 nitrogen and oxygen atoms in total. The van der Waals surface area contributed by atoms with Crippen LogP contribution in [-0.2, 0) is 12.4 Å². The molecule has 8 aromatic rings. The van der Waals surface area contributed by atoms with E-state index in [1.54, 1.807) is 59.6 Å². The number of amides is 2. The number of nitrogens with zero attached hydrogens (tertiary/aromatic N) is 1. The Kier molecular flexibility index (Phi) is 17.5. The highest BCUT2D eigenvalue weighted by Gasteiger charge is 2.37. The van der Waals surface area contributed by atoms with Gasteiger partial charge in [0.05, 0.1) is 45.1 Å². The van der Waals surface area contributed by atoms with Gasteiger partial charge in [-0.25, -0.2) is 0 Å². The first kappa shape index (κ1) is 53.6. The number of benzene rings is 7. The molecule has 7 aromatic carbocycles. The number of alkyl halides is 6. The van der Waals surface area contributed by atoms with Crippen LogP contribution in [0.5, 0.6) is 23.0 Å². The van der Waals surface area contributed by atoms with Crippen molar-refractivity contribution in [2.45, 2.75) is 26.2 Å². The number of rotatable bonds is 11. The van der Waals surface area contributed by atoms with Crippen molar-refractivity contribution in [1.82, 2.24) is 4.98 Å². The molecule has 0 aliphatic rings. The number of pyridine rings is 1. The van der Waals surface area contributed by atoms with Crippen LogP contribution in [0.4, 0.5) is 43.4 Å². The van der Waals surface area contributed by atoms with Gasteiger partial charge in [0, 0.05) is 40.0 Å². The predicted molar refractivity (Wildman–Crippen MR) is 272 cm³/mol. The molecule has 0 saturated heterocycles. The Balaban J connectivity index is 0.000000185. The first-order valence-corrected chi connectivity index (χ1v) is 22.2. The lowest BCUT2D eigenvalue weighted by Gasteiger charge is -2.16. The molecular weight excluding hydrogens is 951 g/mol. The van der Waals surface area contributed by atoms with Crippen molar-refractivity contribution in [2.75, 3.05) is 39.1 Å². The third-order valence-corrected chi connectivity index (χ3v) is 11.2. The Morgan fingerprint density at radius 3 is 1.41 bits per heavy atom. The number of ether oxygens (including phenoxy) is 4. The number of hydrogen-bond donors (Lipinski definition) is 2. The minimum Gasteiger partial charge on any atom is -0.699 e. The average molecular weight is 1000 g/mol. The highest BCUT2D eigenvalue weighted by Crippen LogP contribution is 2.41. The Bertz CT molecular complexity index is 3160. The minimum absolute atomic E-state index is 0.0658. The fourth-order valence-electron chi connectivity index (χ4n) is 7.35. The molecule has 8 rings (SSSR count). The normalized spacial score (nSPS) is 10.9. The molecule has 0 saturated carbocycles. The maximum Gasteiger partial charge on any atom is 0.417 e. The number of aromatic nitrogens is 1. The van der Waals surface area contributed by atoms with Crippen LogP contribution < -0.4 is 29.6 Å². The number of nitrogens with one attached hydrogen (secondary N) is 3. The number of aryl methyl sites for hydroxylation is 2. The summed E-state index contributed by atoms with van der Waals surface area (Å²) in [6.45, 7) is 3.57. The summed E-state index contributed by atoms with van der Waals surface area (Å²) in [4.78, 5) is 28.7. The predicted octanol–water partition coefficient (Wildman–Crippen LogP) is 15.3. The fraction of sp³-hybridized carbons (Fsp3) is 0.140. The van der Waals surface area contributed by atoms with Crippen molar-refractivity contribution in [3.8, 4) is 56.4 Å². The molecule has 0 aliphatic carbocycles. The van der Waals surface area contributed by atoms with E-state index in [-0.39, 0.29) is 17.2 Å². The summed E-state index contributed by atoms with van der Waals surface area (Å²) in [5.41, 5.74) is 12.3. The molecule has 376 valence electrons. The topological polar surface area (TPSA) is 132 Å². The largest absolute Gasteiger partial charge is 0.699 e. The molecule has 0 aliphatic heterocycles. The van der Waals surface area contributed by atoms with Gasteiger partial charge in [-0.1, -0.05) is 66.7 Å². The maximum atomic E-state index is 13.3. The van der Waals surface area contributed by atoms with Crippen LogP contribution in [0.15, 0.2) is 170 Å². The minimum atomic E-state index is -4.83. The molecule has 0 radical (unpaired) electrons. The van der Waals surface area contributed by atoms with Gasteiger partial charge < -0.3 is 35.3 Å². The van der Waals surface area contributed by atoms with Crippen LogP contribution in [0.3, 0.4) is 0 Å². The molecule has 3 N–H and O–H groups in total. The van der Waals surface area contributed by atoms with Gasteiger partial charge in [-0.2, -0.15) is 26.3 Å². The molecule has 0 fully saturated rings. The molecule has 73 heavy (non-hydrogen) atoms. The third kappa shape index (κ3) is 14.0. The van der Waals surface area contributed by atoms with E-state index in [0.717, 1.165) is 56.5 Å². The zero-order valence-corrected chi connectivity index (χ0v) is 40.3. The van der Waals surface area contributed by atoms with E-state index in [9.17, 15) is 35.9 Å². The van der Waals surface area contributed by atoms with E-state index >= 15 is 0 Å². The Labute approximate surface area is 418 Å². The number of carbonyl (C=O) groups is 2. The van der Waals surface area contributed by atoms with E-state index in [1.807, 2.05) is 104 Å². The maximum absolute atomic E-state index is 13.3. The van der Waals surface area contributed by atoms with Crippen LogP contribution in [0.1, 0.15) is 43.1 Å². The summed E-state index contributed by atoms with van der Waals surface area (Å²) >= 11 is 0. The van der Waals surface area contributed by atoms with Crippen molar-refractivity contribution in [2.24, 2.45) is 0 Å². The van der Waals surface area contributed by atoms with Gasteiger partial charge in [0.2, 0.25) is 0 Å². The second-order valence-corrected chi connectivity index (χ2v) is 16.0. The summed E-state index contributed by atoms with van der Waals surface area (Å²) < 4.78 is 100. The second-order valence-electron chi connectivity index (χ2n) is 16.0. The van der Waals surface area contributed by atoms with Crippen molar-refractivity contribution in [3.63, 3.8) is 0 Å². The Morgan fingerprint density at radius 1 is 0.493 bits per heavy atom. The van der Waals surface area contributed by atoms with Crippen LogP contribution in [0.2, 0.25) is 0 Å². The molecule has 2 amide bonds. The lowest BCUT2D eigenvalue weighted by molar-refractivity contribution is -0.141. The summed E-state index contributed by atoms with van der Waals surface area (Å²) in [6.07, 6.45) is -8.09. The van der Waals surface area contributed by atoms with Gasteiger partial charge in [-0.15, -0.1) is 5.69 Å². The molecule has 1 heterocycles. The van der Waals surface area contributed by atoms with Crippen LogP contribution in [0.25, 0.3) is 39.1 Å². The van der Waals surface area contributed by atoms with Crippen molar-refractivity contribution in [1.29, 1.82) is 0 Å². The van der Waals surface area contributed by atoms with Gasteiger partial charge in [0.1, 0.15) is 23.0 Å². The zero-order chi connectivity index (χ0) is 52.9. The molecule has 0 atom stereocenters. The van der Waals surface area contributed by atoms with Gasteiger partial charge in [0.15, 0.2) is 0 Å². The van der Waals surface area contributed by atoms with E-state index in [1.165, 1.54) is 30.5 Å². The Morgan fingerprint density at radius 2 is 0.959 bits per heavy atom. The van der Waals surface area contributed by atoms with Crippen LogP contribution in [0, 0.1) is 13.8 Å². The molecule has 0 spiro atoms. The molecule has 1 aromatic heterocycles. The van der Waals surface area contributed by atoms with E-state index in [4.69, 9.17) is 24.7 Å². The molecular formula is C57H49F6N4O6-. The lowest BCUT2D eigenvalue weighted by atomic mass is 9.96. The first-order chi connectivity index (χ1) is 34.8. The SMILES string of the molecule is COc1ccc(OC)c(-c2ccc(NC(=O)c3ccccc3C)cc2)c1.COc1ccc(OC)c(-c2ccc([NH-])cc2)c1.Cc1ncccc1C(=O)Nc1ccc(-c2cc(C(F)(F)F)ccc2C(F)(F)F)cc1. The van der Waals surface area contributed by atoms with Crippen LogP contribution >= 0.6 is 0 Å². The van der Waals surface area contributed by atoms with E-state index in [0.29, 0.717) is 40.7 Å². The number of hydrogen-bond acceptors (Lipinski definition) is 7. The summed E-state index contributed by atoms with van der Waals surface area (Å²) in [6, 6.07) is 43.3. The van der Waals surface area contributed by atoms with Crippen molar-refractivity contribution >= 4 is 28.9 Å². The summed E-state index contributed by atoms with van der Waals surface area (Å²) in [5.74, 6) is 2.53. The fourth-order valence-corrected chi connectivity index (χ4v) is 7.35. The van der Waals surface area contributed by atoms with Gasteiger partial charge in [-0.05, 0) is 139 Å². The quantitative estimate of drug-likeness (QED) is 0.123. The highest BCUT2D eigenvalue weighted by molar-refractivity contribution is 6.06. The lowest BCUT2D eigenvalue weighted by Crippen LogP contribution is -2.14. The molecule has 0 unspecified atom stereocenters. The van der Waals surface area contributed by atoms with Gasteiger partial charge >= 0.3 is 12.4 Å². The number of anilines is 2. The third-order valence-electron chi connectivity index (χ3n) is 11.2. The number of carbonyl (C=O) groups excluding carboxylic acids is 2. The zero-order valence-electron chi connectivity index (χ0n) is 40.3. The monoisotopic (exact) mass is 999 g/mol. The first-order valence-electron chi connectivity index (χ1n) is 22.2. The second kappa shape index (κ2) is 23.9. The van der Waals surface area contributed by atoms with Crippen LogP contribution in [-0.4, -0.2) is 45.2 Å². The standard InChI is InChI=1S/C22H21NO3.C21H14F6N2O.C14H14NO2/c1-15-6-4-5-7-19(15)22(24)23-17-10-8-16(9-11-17)20-14-18(25-2)12-13-21(20)26-3;1-12-16(3-2-10-28-12)19(30)29-15-7-4-13(5-8-15)17-11-14(20(22,23)24)6-9-18(17)21(25,26)27;1-16-12-7-8-14(17-2)13(9-12)10-3-5-11(15)6-4-10/h4-14H,1-3H3,(H,23,24);2-11H,1H3,(H,29,30);3-9,15H,1-2H3/q;;-1. The summed E-state index contributed by atoms with van der Waals surface area (Å²) in [5, 5.41) is 5.51. The van der Waals surface area contributed by atoms with E-state index < -0.39 is 35.0 Å². The summed E-state index contributed by atoms with van der Waals surface area (Å²) in [7, 11) is 6.56. The number of methoxy groups -OCH3 is 4. The molecule has 0 bridgehead atoms. The number of halogens is 6.